The van der Waals surface area contributed by atoms with Crippen LogP contribution in [0.25, 0.3) is 10.9 Å². The summed E-state index contributed by atoms with van der Waals surface area (Å²) < 4.78 is 0. The maximum Gasteiger partial charge on any atom is 0.270 e. The summed E-state index contributed by atoms with van der Waals surface area (Å²) >= 11 is 0. The molecule has 2 rings (SSSR count). The molecule has 1 aromatic carbocycles. The summed E-state index contributed by atoms with van der Waals surface area (Å²) in [6, 6.07) is 4.20. The van der Waals surface area contributed by atoms with Crippen molar-refractivity contribution in [1.82, 2.24) is 9.97 Å². The number of hydrogen-bond donors (Lipinski definition) is 2. The number of nitrogens with one attached hydrogen (secondary N) is 1. The van der Waals surface area contributed by atoms with Crippen LogP contribution in [-0.2, 0) is 0 Å². The Balaban J connectivity index is 2.51. The maximum atomic E-state index is 10.7. The fraction of sp³-hybridized carbons (Fsp3) is 0.273. The van der Waals surface area contributed by atoms with E-state index < -0.39 is 4.92 Å². The summed E-state index contributed by atoms with van der Waals surface area (Å²) in [6.45, 7) is 1.73. The Hall–Kier alpha value is -2.28. The minimum absolute atomic E-state index is 0.0167. The third kappa shape index (κ3) is 2.35. The number of fused-ring (bicyclic) bond motifs is 1. The molecular formula is C11H12N4O3. The van der Waals surface area contributed by atoms with E-state index in [4.69, 9.17) is 5.11 Å². The van der Waals surface area contributed by atoms with Gasteiger partial charge in [-0.2, -0.15) is 0 Å². The average molecular weight is 248 g/mol. The van der Waals surface area contributed by atoms with E-state index in [0.29, 0.717) is 16.7 Å². The van der Waals surface area contributed by atoms with Gasteiger partial charge in [-0.25, -0.2) is 9.97 Å². The van der Waals surface area contributed by atoms with Crippen LogP contribution < -0.4 is 5.32 Å². The number of hydrogen-bond acceptors (Lipinski definition) is 6. The van der Waals surface area contributed by atoms with Crippen LogP contribution in [-0.4, -0.2) is 32.6 Å². The van der Waals surface area contributed by atoms with Gasteiger partial charge in [0.05, 0.1) is 17.0 Å². The van der Waals surface area contributed by atoms with E-state index in [0.717, 1.165) is 0 Å². The van der Waals surface area contributed by atoms with Crippen LogP contribution in [0, 0.1) is 10.1 Å². The average Bonchev–Trinajstić information content (AvgIpc) is 2.38. The molecule has 0 bridgehead atoms. The molecule has 0 amide bonds. The van der Waals surface area contributed by atoms with Crippen LogP contribution in [0.15, 0.2) is 24.5 Å². The quantitative estimate of drug-likeness (QED) is 0.625. The van der Waals surface area contributed by atoms with Gasteiger partial charge in [-0.05, 0) is 13.0 Å². The van der Waals surface area contributed by atoms with Crippen molar-refractivity contribution in [3.63, 3.8) is 0 Å². The van der Waals surface area contributed by atoms with Crippen molar-refractivity contribution in [1.29, 1.82) is 0 Å². The molecule has 0 aliphatic heterocycles. The molecule has 0 fully saturated rings. The molecule has 0 saturated heterocycles. The summed E-state index contributed by atoms with van der Waals surface area (Å²) in [5.74, 6) is 0.477. The predicted octanol–water partition coefficient (Wildman–Crippen LogP) is 1.33. The summed E-state index contributed by atoms with van der Waals surface area (Å²) in [6.07, 6.45) is 1.38. The molecular weight excluding hydrogens is 236 g/mol. The van der Waals surface area contributed by atoms with Crippen LogP contribution >= 0.6 is 0 Å². The topological polar surface area (TPSA) is 101 Å². The second-order valence-corrected chi connectivity index (χ2v) is 3.91. The Morgan fingerprint density at radius 3 is 2.94 bits per heavy atom. The summed E-state index contributed by atoms with van der Waals surface area (Å²) in [5.41, 5.74) is 0.597. The van der Waals surface area contributed by atoms with E-state index in [1.165, 1.54) is 18.5 Å². The molecule has 7 nitrogen and oxygen atoms in total. The van der Waals surface area contributed by atoms with E-state index in [1.54, 1.807) is 13.0 Å². The van der Waals surface area contributed by atoms with Gasteiger partial charge in [-0.3, -0.25) is 10.1 Å². The second-order valence-electron chi connectivity index (χ2n) is 3.91. The highest BCUT2D eigenvalue weighted by Crippen LogP contribution is 2.24. The number of aliphatic hydroxyl groups is 1. The van der Waals surface area contributed by atoms with Crippen molar-refractivity contribution in [2.75, 3.05) is 11.9 Å². The third-order valence-corrected chi connectivity index (χ3v) is 2.49. The molecule has 1 aromatic heterocycles. The molecule has 94 valence electrons. The minimum atomic E-state index is -0.467. The molecule has 1 unspecified atom stereocenters. The van der Waals surface area contributed by atoms with E-state index >= 15 is 0 Å². The van der Waals surface area contributed by atoms with Gasteiger partial charge in [-0.1, -0.05) is 0 Å². The van der Waals surface area contributed by atoms with E-state index in [1.807, 2.05) is 0 Å². The molecule has 0 aliphatic rings. The maximum absolute atomic E-state index is 10.7. The van der Waals surface area contributed by atoms with Crippen molar-refractivity contribution in [2.45, 2.75) is 13.0 Å². The molecule has 0 spiro atoms. The monoisotopic (exact) mass is 248 g/mol. The molecule has 7 heteroatoms. The zero-order valence-corrected chi connectivity index (χ0v) is 9.70. The zero-order valence-electron chi connectivity index (χ0n) is 9.70. The lowest BCUT2D eigenvalue weighted by molar-refractivity contribution is -0.384. The fourth-order valence-electron chi connectivity index (χ4n) is 1.55. The fourth-order valence-corrected chi connectivity index (χ4v) is 1.55. The second kappa shape index (κ2) is 4.92. The van der Waals surface area contributed by atoms with Crippen LogP contribution in [0.4, 0.5) is 11.5 Å². The van der Waals surface area contributed by atoms with Gasteiger partial charge in [0.15, 0.2) is 0 Å². The first-order chi connectivity index (χ1) is 8.61. The number of aromatic nitrogens is 2. The Morgan fingerprint density at radius 1 is 1.50 bits per heavy atom. The smallest absolute Gasteiger partial charge is 0.270 e. The molecule has 1 atom stereocenters. The third-order valence-electron chi connectivity index (χ3n) is 2.49. The van der Waals surface area contributed by atoms with Gasteiger partial charge in [0.1, 0.15) is 12.1 Å². The number of nitro groups is 1. The van der Waals surface area contributed by atoms with Crippen LogP contribution in [0.5, 0.6) is 0 Å². The molecule has 0 saturated carbocycles. The lowest BCUT2D eigenvalue weighted by Crippen LogP contribution is -2.20. The molecule has 1 heterocycles. The Bertz CT molecular complexity index is 588. The van der Waals surface area contributed by atoms with Crippen molar-refractivity contribution in [2.24, 2.45) is 0 Å². The molecule has 2 N–H and O–H groups in total. The lowest BCUT2D eigenvalue weighted by atomic mass is 10.2. The largest absolute Gasteiger partial charge is 0.394 e. The minimum Gasteiger partial charge on any atom is -0.394 e. The highest BCUT2D eigenvalue weighted by molar-refractivity contribution is 5.90. The number of rotatable bonds is 4. The number of non-ortho nitro benzene ring substituents is 1. The first kappa shape index (κ1) is 12.2. The van der Waals surface area contributed by atoms with Gasteiger partial charge < -0.3 is 10.4 Å². The van der Waals surface area contributed by atoms with Gasteiger partial charge >= 0.3 is 0 Å². The summed E-state index contributed by atoms with van der Waals surface area (Å²) in [5, 5.41) is 23.3. The first-order valence-corrected chi connectivity index (χ1v) is 5.38. The number of anilines is 1. The lowest BCUT2D eigenvalue weighted by Gasteiger charge is -2.12. The van der Waals surface area contributed by atoms with E-state index in [2.05, 4.69) is 15.3 Å². The van der Waals surface area contributed by atoms with Gasteiger partial charge in [0, 0.05) is 23.6 Å². The SMILES string of the molecule is CC(CO)Nc1ncnc2ccc([N+](=O)[O-])cc12. The van der Waals surface area contributed by atoms with Crippen LogP contribution in [0.2, 0.25) is 0 Å². The van der Waals surface area contributed by atoms with Crippen LogP contribution in [0.1, 0.15) is 6.92 Å². The first-order valence-electron chi connectivity index (χ1n) is 5.38. The Morgan fingerprint density at radius 2 is 2.28 bits per heavy atom. The standard InChI is InChI=1S/C11H12N4O3/c1-7(5-16)14-11-9-4-8(15(17)18)2-3-10(9)12-6-13-11/h2-4,6-7,16H,5H2,1H3,(H,12,13,14). The zero-order chi connectivity index (χ0) is 13.1. The highest BCUT2D eigenvalue weighted by atomic mass is 16.6. The van der Waals surface area contributed by atoms with Crippen molar-refractivity contribution >= 4 is 22.4 Å². The number of aliphatic hydroxyl groups excluding tert-OH is 1. The van der Waals surface area contributed by atoms with E-state index in [-0.39, 0.29) is 18.3 Å². The summed E-state index contributed by atoms with van der Waals surface area (Å²) in [4.78, 5) is 18.4. The number of nitro benzene ring substituents is 1. The molecule has 0 aliphatic carbocycles. The van der Waals surface area contributed by atoms with Crippen molar-refractivity contribution < 1.29 is 10.0 Å². The molecule has 18 heavy (non-hydrogen) atoms. The van der Waals surface area contributed by atoms with Crippen molar-refractivity contribution in [3.05, 3.63) is 34.6 Å². The van der Waals surface area contributed by atoms with Gasteiger partial charge in [0.25, 0.3) is 5.69 Å². The van der Waals surface area contributed by atoms with E-state index in [9.17, 15) is 10.1 Å². The van der Waals surface area contributed by atoms with Crippen LogP contribution in [0.3, 0.4) is 0 Å². The molecule has 2 aromatic rings. The number of nitrogens with zero attached hydrogens (tertiary/aromatic N) is 3. The predicted molar refractivity (Wildman–Crippen MR) is 66.4 cm³/mol. The van der Waals surface area contributed by atoms with Gasteiger partial charge in [-0.15, -0.1) is 0 Å². The van der Waals surface area contributed by atoms with Gasteiger partial charge in [0.2, 0.25) is 0 Å². The Labute approximate surface area is 103 Å². The van der Waals surface area contributed by atoms with Crippen molar-refractivity contribution in [3.8, 4) is 0 Å². The normalized spacial score (nSPS) is 12.3. The summed E-state index contributed by atoms with van der Waals surface area (Å²) in [7, 11) is 0. The number of benzene rings is 1. The highest BCUT2D eigenvalue weighted by Gasteiger charge is 2.11. The molecule has 0 radical (unpaired) electrons. The Kier molecular flexibility index (Phi) is 3.33.